The van der Waals surface area contributed by atoms with E-state index in [9.17, 15) is 0 Å². The highest BCUT2D eigenvalue weighted by Gasteiger charge is 2.06. The smallest absolute Gasteiger partial charge is 0.142 e. The van der Waals surface area contributed by atoms with Crippen molar-refractivity contribution in [3.8, 4) is 10.7 Å². The molecule has 0 bridgehead atoms. The van der Waals surface area contributed by atoms with Crippen LogP contribution in [0.25, 0.3) is 10.7 Å². The van der Waals surface area contributed by atoms with Crippen molar-refractivity contribution in [3.05, 3.63) is 64.3 Å². The van der Waals surface area contributed by atoms with E-state index in [1.165, 1.54) is 5.56 Å². The Balaban J connectivity index is 1.72. The lowest BCUT2D eigenvalue weighted by molar-refractivity contribution is 1.07. The van der Waals surface area contributed by atoms with Crippen LogP contribution in [-0.2, 0) is 6.54 Å². The number of hydrogen-bond acceptors (Lipinski definition) is 4. The van der Waals surface area contributed by atoms with Gasteiger partial charge in [0.25, 0.3) is 0 Å². The molecule has 0 saturated heterocycles. The first-order valence-electron chi connectivity index (χ1n) is 6.58. The molecule has 0 aliphatic carbocycles. The minimum Gasteiger partial charge on any atom is -0.378 e. The maximum absolute atomic E-state index is 6.17. The van der Waals surface area contributed by atoms with Gasteiger partial charge in [-0.25, -0.2) is 4.98 Å². The van der Waals surface area contributed by atoms with Gasteiger partial charge in [-0.2, -0.15) is 0 Å². The molecule has 0 unspecified atom stereocenters. The van der Waals surface area contributed by atoms with Crippen molar-refractivity contribution in [2.24, 2.45) is 0 Å². The number of anilines is 1. The van der Waals surface area contributed by atoms with Gasteiger partial charge < -0.3 is 5.32 Å². The highest BCUT2D eigenvalue weighted by Crippen LogP contribution is 2.25. The summed E-state index contributed by atoms with van der Waals surface area (Å²) in [6.45, 7) is 2.69. The Hall–Kier alpha value is -1.91. The molecule has 106 valence electrons. The van der Waals surface area contributed by atoms with E-state index in [0.29, 0.717) is 6.54 Å². The summed E-state index contributed by atoms with van der Waals surface area (Å²) >= 11 is 7.77. The number of benzene rings is 1. The second-order valence-corrected chi connectivity index (χ2v) is 5.96. The molecule has 1 aromatic carbocycles. The van der Waals surface area contributed by atoms with E-state index < -0.39 is 0 Å². The van der Waals surface area contributed by atoms with Crippen molar-refractivity contribution >= 4 is 28.6 Å². The van der Waals surface area contributed by atoms with Crippen molar-refractivity contribution in [2.75, 3.05) is 5.32 Å². The first-order valence-corrected chi connectivity index (χ1v) is 7.84. The lowest BCUT2D eigenvalue weighted by Crippen LogP contribution is -2.00. The summed E-state index contributed by atoms with van der Waals surface area (Å²) in [6.07, 6.45) is 1.78. The number of pyridine rings is 1. The maximum Gasteiger partial charge on any atom is 0.142 e. The number of nitrogens with one attached hydrogen (secondary N) is 1. The van der Waals surface area contributed by atoms with Gasteiger partial charge in [-0.05, 0) is 36.8 Å². The van der Waals surface area contributed by atoms with Crippen LogP contribution in [0.15, 0.2) is 48.0 Å². The van der Waals surface area contributed by atoms with E-state index >= 15 is 0 Å². The van der Waals surface area contributed by atoms with E-state index in [1.54, 1.807) is 17.5 Å². The zero-order chi connectivity index (χ0) is 14.7. The lowest BCUT2D eigenvalue weighted by Gasteiger charge is -2.07. The first kappa shape index (κ1) is 14.0. The molecule has 0 spiro atoms. The summed E-state index contributed by atoms with van der Waals surface area (Å²) in [5, 5.41) is 7.03. The molecule has 3 rings (SSSR count). The van der Waals surface area contributed by atoms with Crippen molar-refractivity contribution in [3.63, 3.8) is 0 Å². The predicted molar refractivity (Wildman–Crippen MR) is 88.9 cm³/mol. The molecule has 1 N–H and O–H groups in total. The third kappa shape index (κ3) is 3.40. The molecule has 0 saturated carbocycles. The molecule has 5 heteroatoms. The molecule has 0 radical (unpaired) electrons. The number of aromatic nitrogens is 2. The molecule has 0 atom stereocenters. The van der Waals surface area contributed by atoms with Gasteiger partial charge in [0.15, 0.2) is 0 Å². The normalized spacial score (nSPS) is 10.6. The van der Waals surface area contributed by atoms with Gasteiger partial charge in [-0.3, -0.25) is 4.98 Å². The van der Waals surface area contributed by atoms with E-state index in [-0.39, 0.29) is 0 Å². The van der Waals surface area contributed by atoms with Crippen LogP contribution in [0.5, 0.6) is 0 Å². The summed E-state index contributed by atoms with van der Waals surface area (Å²) in [7, 11) is 0. The Morgan fingerprint density at radius 2 is 2.14 bits per heavy atom. The van der Waals surface area contributed by atoms with E-state index in [4.69, 9.17) is 11.6 Å². The third-order valence-electron chi connectivity index (χ3n) is 3.02. The predicted octanol–water partition coefficient (Wildman–Crippen LogP) is 4.78. The molecule has 0 amide bonds. The van der Waals surface area contributed by atoms with Gasteiger partial charge >= 0.3 is 0 Å². The first-order chi connectivity index (χ1) is 10.2. The Kier molecular flexibility index (Phi) is 4.18. The molecule has 0 aliphatic heterocycles. The highest BCUT2D eigenvalue weighted by molar-refractivity contribution is 7.13. The lowest BCUT2D eigenvalue weighted by atomic mass is 10.2. The molecule has 3 nitrogen and oxygen atoms in total. The molecule has 0 fully saturated rings. The van der Waals surface area contributed by atoms with Gasteiger partial charge in [-0.15, -0.1) is 11.3 Å². The Morgan fingerprint density at radius 1 is 1.24 bits per heavy atom. The van der Waals surface area contributed by atoms with Crippen LogP contribution in [0.4, 0.5) is 5.69 Å². The van der Waals surface area contributed by atoms with Gasteiger partial charge in [0.05, 0.1) is 28.6 Å². The Bertz CT molecular complexity index is 740. The van der Waals surface area contributed by atoms with Crippen molar-refractivity contribution in [1.29, 1.82) is 0 Å². The van der Waals surface area contributed by atoms with Gasteiger partial charge in [-0.1, -0.05) is 23.7 Å². The van der Waals surface area contributed by atoms with Crippen molar-refractivity contribution < 1.29 is 0 Å². The van der Waals surface area contributed by atoms with Crippen LogP contribution in [0.1, 0.15) is 11.3 Å². The third-order valence-corrected chi connectivity index (χ3v) is 4.26. The minimum atomic E-state index is 0.645. The highest BCUT2D eigenvalue weighted by atomic mass is 35.5. The second kappa shape index (κ2) is 6.24. The summed E-state index contributed by atoms with van der Waals surface area (Å²) in [6, 6.07) is 11.8. The molecule has 2 heterocycles. The molecular formula is C16H14ClN3S. The molecule has 21 heavy (non-hydrogen) atoms. The number of nitrogens with zero attached hydrogens (tertiary/aromatic N) is 2. The summed E-state index contributed by atoms with van der Waals surface area (Å²) in [4.78, 5) is 8.91. The maximum atomic E-state index is 6.17. The van der Waals surface area contributed by atoms with Crippen LogP contribution in [0.2, 0.25) is 5.02 Å². The quantitative estimate of drug-likeness (QED) is 0.753. The Labute approximate surface area is 132 Å². The van der Waals surface area contributed by atoms with Gasteiger partial charge in [0, 0.05) is 11.6 Å². The summed E-state index contributed by atoms with van der Waals surface area (Å²) < 4.78 is 0. The average molecular weight is 316 g/mol. The standard InChI is InChI=1S/C16H14ClN3S/c1-11-5-6-13(17)15(8-11)19-9-12-10-21-16(20-12)14-4-2-3-7-18-14/h2-8,10,19H,9H2,1H3. The zero-order valence-corrected chi connectivity index (χ0v) is 13.1. The Morgan fingerprint density at radius 3 is 2.95 bits per heavy atom. The number of hydrogen-bond donors (Lipinski definition) is 1. The van der Waals surface area contributed by atoms with Crippen molar-refractivity contribution in [1.82, 2.24) is 9.97 Å². The van der Waals surface area contributed by atoms with Gasteiger partial charge in [0.1, 0.15) is 5.01 Å². The number of thiazole rings is 1. The topological polar surface area (TPSA) is 37.8 Å². The van der Waals surface area contributed by atoms with Crippen LogP contribution in [-0.4, -0.2) is 9.97 Å². The molecule has 3 aromatic rings. The second-order valence-electron chi connectivity index (χ2n) is 4.70. The fraction of sp³-hybridized carbons (Fsp3) is 0.125. The average Bonchev–Trinajstić information content (AvgIpc) is 2.98. The number of rotatable bonds is 4. The number of halogens is 1. The fourth-order valence-corrected chi connectivity index (χ4v) is 2.93. The summed E-state index contributed by atoms with van der Waals surface area (Å²) in [5.41, 5.74) is 4.00. The van der Waals surface area contributed by atoms with Crippen LogP contribution < -0.4 is 5.32 Å². The number of aryl methyl sites for hydroxylation is 1. The molecule has 0 aliphatic rings. The van der Waals surface area contributed by atoms with Crippen LogP contribution >= 0.6 is 22.9 Å². The van der Waals surface area contributed by atoms with Crippen LogP contribution in [0.3, 0.4) is 0 Å². The van der Waals surface area contributed by atoms with Gasteiger partial charge in [0.2, 0.25) is 0 Å². The fourth-order valence-electron chi connectivity index (χ4n) is 1.96. The van der Waals surface area contributed by atoms with E-state index in [0.717, 1.165) is 27.1 Å². The van der Waals surface area contributed by atoms with Crippen molar-refractivity contribution in [2.45, 2.75) is 13.5 Å². The minimum absolute atomic E-state index is 0.645. The van der Waals surface area contributed by atoms with E-state index in [1.807, 2.05) is 48.7 Å². The molecular weight excluding hydrogens is 302 g/mol. The van der Waals surface area contributed by atoms with E-state index in [2.05, 4.69) is 15.3 Å². The SMILES string of the molecule is Cc1ccc(Cl)c(NCc2csc(-c3ccccn3)n2)c1. The zero-order valence-electron chi connectivity index (χ0n) is 11.5. The summed E-state index contributed by atoms with van der Waals surface area (Å²) in [5.74, 6) is 0. The monoisotopic (exact) mass is 315 g/mol. The molecule has 2 aromatic heterocycles. The largest absolute Gasteiger partial charge is 0.378 e. The van der Waals surface area contributed by atoms with Crippen LogP contribution in [0, 0.1) is 6.92 Å².